The highest BCUT2D eigenvalue weighted by atomic mass is 32.2. The van der Waals surface area contributed by atoms with Gasteiger partial charge in [0.15, 0.2) is 0 Å². The number of ether oxygens (including phenoxy) is 1. The van der Waals surface area contributed by atoms with Gasteiger partial charge in [-0.15, -0.1) is 0 Å². The summed E-state index contributed by atoms with van der Waals surface area (Å²) in [5.74, 6) is -1.76. The van der Waals surface area contributed by atoms with E-state index in [4.69, 9.17) is 0 Å². The minimum Gasteiger partial charge on any atom is -0.466 e. The quantitative estimate of drug-likeness (QED) is 0.313. The van der Waals surface area contributed by atoms with Gasteiger partial charge in [-0.1, -0.05) is 95.0 Å². The number of sulfone groups is 1. The Labute approximate surface area is 163 Å². The number of esters is 1. The number of benzene rings is 1. The minimum atomic E-state index is -4.34. The zero-order chi connectivity index (χ0) is 20.2. The SMILES string of the molecule is CCCCCCCCCCCCS(=O)(=O)C(F)(C(=O)OC)c1ccccc1. The van der Waals surface area contributed by atoms with Crippen molar-refractivity contribution < 1.29 is 22.3 Å². The van der Waals surface area contributed by atoms with E-state index in [9.17, 15) is 13.2 Å². The van der Waals surface area contributed by atoms with Gasteiger partial charge in [-0.3, -0.25) is 0 Å². The monoisotopic (exact) mass is 400 g/mol. The Morgan fingerprint density at radius 3 is 1.89 bits per heavy atom. The fourth-order valence-electron chi connectivity index (χ4n) is 3.13. The maximum Gasteiger partial charge on any atom is 0.364 e. The Morgan fingerprint density at radius 2 is 1.41 bits per heavy atom. The molecule has 0 saturated heterocycles. The molecule has 1 atom stereocenters. The van der Waals surface area contributed by atoms with Crippen molar-refractivity contribution in [3.8, 4) is 0 Å². The summed E-state index contributed by atoms with van der Waals surface area (Å²) in [7, 11) is -3.34. The smallest absolute Gasteiger partial charge is 0.364 e. The van der Waals surface area contributed by atoms with Crippen molar-refractivity contribution in [2.24, 2.45) is 0 Å². The fourth-order valence-corrected chi connectivity index (χ4v) is 4.83. The van der Waals surface area contributed by atoms with E-state index in [0.717, 1.165) is 26.4 Å². The van der Waals surface area contributed by atoms with Crippen molar-refractivity contribution >= 4 is 15.8 Å². The number of hydrogen-bond acceptors (Lipinski definition) is 4. The molecule has 1 aromatic rings. The van der Waals surface area contributed by atoms with Crippen LogP contribution in [0.4, 0.5) is 4.39 Å². The average molecular weight is 401 g/mol. The van der Waals surface area contributed by atoms with Crippen LogP contribution in [0.25, 0.3) is 0 Å². The van der Waals surface area contributed by atoms with Crippen LogP contribution in [0.15, 0.2) is 30.3 Å². The van der Waals surface area contributed by atoms with Crippen molar-refractivity contribution in [1.82, 2.24) is 0 Å². The predicted octanol–water partition coefficient (Wildman–Crippen LogP) is 5.32. The molecular formula is C21H33FO4S. The molecule has 1 unspecified atom stereocenters. The molecule has 0 aliphatic heterocycles. The van der Waals surface area contributed by atoms with Crippen LogP contribution in [0.2, 0.25) is 0 Å². The van der Waals surface area contributed by atoms with Crippen molar-refractivity contribution in [2.75, 3.05) is 12.9 Å². The van der Waals surface area contributed by atoms with Crippen LogP contribution < -0.4 is 0 Å². The summed E-state index contributed by atoms with van der Waals surface area (Å²) < 4.78 is 45.1. The molecule has 4 nitrogen and oxygen atoms in total. The van der Waals surface area contributed by atoms with Gasteiger partial charge in [0.2, 0.25) is 9.84 Å². The van der Waals surface area contributed by atoms with Crippen LogP contribution in [0.3, 0.4) is 0 Å². The summed E-state index contributed by atoms with van der Waals surface area (Å²) in [6.45, 7) is 2.19. The van der Waals surface area contributed by atoms with Crippen LogP contribution in [-0.4, -0.2) is 27.2 Å². The fraction of sp³-hybridized carbons (Fsp3) is 0.667. The van der Waals surface area contributed by atoms with E-state index < -0.39 is 20.8 Å². The number of rotatable bonds is 14. The molecule has 0 N–H and O–H groups in total. The van der Waals surface area contributed by atoms with Crippen LogP contribution in [0.1, 0.15) is 76.7 Å². The Kier molecular flexibility index (Phi) is 10.6. The lowest BCUT2D eigenvalue weighted by molar-refractivity contribution is -0.149. The van der Waals surface area contributed by atoms with Gasteiger partial charge in [-0.25, -0.2) is 17.6 Å². The van der Waals surface area contributed by atoms with E-state index in [0.29, 0.717) is 12.8 Å². The Bertz CT molecular complexity index is 645. The molecule has 0 spiro atoms. The topological polar surface area (TPSA) is 60.4 Å². The molecule has 0 aliphatic carbocycles. The van der Waals surface area contributed by atoms with Crippen LogP contribution in [0.5, 0.6) is 0 Å². The van der Waals surface area contributed by atoms with E-state index >= 15 is 4.39 Å². The number of alkyl halides is 1. The lowest BCUT2D eigenvalue weighted by Crippen LogP contribution is -2.41. The number of carbonyl (C=O) groups excluding carboxylic acids is 1. The molecule has 154 valence electrons. The Balaban J connectivity index is 2.51. The van der Waals surface area contributed by atoms with Gasteiger partial charge in [0.05, 0.1) is 12.9 Å². The first-order valence-electron chi connectivity index (χ1n) is 9.95. The molecular weight excluding hydrogens is 367 g/mol. The second kappa shape index (κ2) is 12.1. The summed E-state index contributed by atoms with van der Waals surface area (Å²) >= 11 is 0. The summed E-state index contributed by atoms with van der Waals surface area (Å²) in [5.41, 5.74) is -0.205. The lowest BCUT2D eigenvalue weighted by atomic mass is 10.1. The maximum absolute atomic E-state index is 15.4. The number of hydrogen-bond donors (Lipinski definition) is 0. The first-order chi connectivity index (χ1) is 12.9. The van der Waals surface area contributed by atoms with Gasteiger partial charge < -0.3 is 4.74 Å². The van der Waals surface area contributed by atoms with Crippen molar-refractivity contribution in [2.45, 2.75) is 76.1 Å². The highest BCUT2D eigenvalue weighted by molar-refractivity contribution is 7.92. The van der Waals surface area contributed by atoms with Gasteiger partial charge in [-0.2, -0.15) is 0 Å². The zero-order valence-electron chi connectivity index (χ0n) is 16.6. The molecule has 0 aliphatic rings. The molecule has 0 bridgehead atoms. The highest BCUT2D eigenvalue weighted by Crippen LogP contribution is 2.35. The van der Waals surface area contributed by atoms with Crippen molar-refractivity contribution in [3.63, 3.8) is 0 Å². The highest BCUT2D eigenvalue weighted by Gasteiger charge is 2.53. The van der Waals surface area contributed by atoms with Crippen LogP contribution >= 0.6 is 0 Å². The average Bonchev–Trinajstić information content (AvgIpc) is 2.68. The number of methoxy groups -OCH3 is 1. The molecule has 1 rings (SSSR count). The van der Waals surface area contributed by atoms with Crippen molar-refractivity contribution in [3.05, 3.63) is 35.9 Å². The van der Waals surface area contributed by atoms with E-state index in [1.54, 1.807) is 6.07 Å². The Morgan fingerprint density at radius 1 is 0.926 bits per heavy atom. The number of halogens is 1. The molecule has 0 aromatic heterocycles. The third kappa shape index (κ3) is 6.91. The predicted molar refractivity (Wildman–Crippen MR) is 107 cm³/mol. The summed E-state index contributed by atoms with van der Waals surface area (Å²) in [5, 5.41) is -3.15. The number of unbranched alkanes of at least 4 members (excludes halogenated alkanes) is 9. The molecule has 0 radical (unpaired) electrons. The summed E-state index contributed by atoms with van der Waals surface area (Å²) in [6, 6.07) is 7.24. The van der Waals surface area contributed by atoms with Crippen molar-refractivity contribution in [1.29, 1.82) is 0 Å². The zero-order valence-corrected chi connectivity index (χ0v) is 17.4. The second-order valence-corrected chi connectivity index (χ2v) is 9.15. The van der Waals surface area contributed by atoms with Gasteiger partial charge in [0.25, 0.3) is 0 Å². The summed E-state index contributed by atoms with van der Waals surface area (Å²) in [4.78, 5) is 12.0. The van der Waals surface area contributed by atoms with Gasteiger partial charge >= 0.3 is 11.0 Å². The molecule has 1 aromatic carbocycles. The molecule has 0 amide bonds. The van der Waals surface area contributed by atoms with Crippen LogP contribution in [-0.2, 0) is 24.4 Å². The normalized spacial score (nSPS) is 13.9. The molecule has 0 heterocycles. The molecule has 0 fully saturated rings. The van der Waals surface area contributed by atoms with E-state index in [1.807, 2.05) is 0 Å². The lowest BCUT2D eigenvalue weighted by Gasteiger charge is -2.23. The second-order valence-electron chi connectivity index (χ2n) is 6.95. The summed E-state index contributed by atoms with van der Waals surface area (Å²) in [6.07, 6.45) is 10.4. The van der Waals surface area contributed by atoms with Gasteiger partial charge in [0, 0.05) is 5.56 Å². The van der Waals surface area contributed by atoms with Gasteiger partial charge in [-0.05, 0) is 6.42 Å². The van der Waals surface area contributed by atoms with Gasteiger partial charge in [0.1, 0.15) is 0 Å². The van der Waals surface area contributed by atoms with E-state index in [-0.39, 0.29) is 11.3 Å². The third-order valence-corrected chi connectivity index (χ3v) is 6.87. The van der Waals surface area contributed by atoms with Crippen LogP contribution in [0, 0.1) is 0 Å². The number of carbonyl (C=O) groups is 1. The standard InChI is InChI=1S/C21H33FO4S/c1-3-4-5-6-7-8-9-10-11-15-18-27(24,25)21(22,20(23)26-2)19-16-13-12-14-17-19/h12-14,16-17H,3-11,15,18H2,1-2H3. The first-order valence-corrected chi connectivity index (χ1v) is 11.6. The Hall–Kier alpha value is -1.43. The molecule has 0 saturated carbocycles. The maximum atomic E-state index is 15.4. The first kappa shape index (κ1) is 23.6. The molecule has 6 heteroatoms. The van der Waals surface area contributed by atoms with E-state index in [2.05, 4.69) is 11.7 Å². The third-order valence-electron chi connectivity index (χ3n) is 4.79. The largest absolute Gasteiger partial charge is 0.466 e. The minimum absolute atomic E-state index is 0.205. The molecule has 27 heavy (non-hydrogen) atoms. The van der Waals surface area contributed by atoms with E-state index in [1.165, 1.54) is 56.4 Å².